The summed E-state index contributed by atoms with van der Waals surface area (Å²) in [6, 6.07) is 5.00. The molecule has 0 fully saturated rings. The number of esters is 2. The first-order valence-corrected chi connectivity index (χ1v) is 6.92. The molecule has 6 heteroatoms. The van der Waals surface area contributed by atoms with Gasteiger partial charge in [0.2, 0.25) is 0 Å². The Kier molecular flexibility index (Phi) is 4.70. The maximum absolute atomic E-state index is 11.8. The van der Waals surface area contributed by atoms with Gasteiger partial charge in [0.15, 0.2) is 6.10 Å². The molecule has 0 aliphatic rings. The molecule has 0 saturated carbocycles. The lowest BCUT2D eigenvalue weighted by Gasteiger charge is -2.13. The first-order valence-electron chi connectivity index (χ1n) is 6.92. The molecule has 0 aliphatic heterocycles. The molecular weight excluding hydrogens is 288 g/mol. The minimum Gasteiger partial charge on any atom is -0.479 e. The van der Waals surface area contributed by atoms with E-state index in [-0.39, 0.29) is 0 Å². The Balaban J connectivity index is 2.33. The summed E-state index contributed by atoms with van der Waals surface area (Å²) in [5.41, 5.74) is 0.903. The van der Waals surface area contributed by atoms with Crippen molar-refractivity contribution in [2.45, 2.75) is 26.9 Å². The number of rotatable bonds is 5. The van der Waals surface area contributed by atoms with E-state index in [0.717, 1.165) is 0 Å². The van der Waals surface area contributed by atoms with Crippen LogP contribution in [0.1, 0.15) is 30.0 Å². The average Bonchev–Trinajstić information content (AvgIpc) is 2.82. The zero-order chi connectivity index (χ0) is 16.3. The standard InChI is InChI=1S/C16H18O6/c1-5-20-15(17)10(3)21-11-6-7-13-12(8-11)14(9(2)22-13)16(18)19-4/h6-8,10H,5H2,1-4H3/t10-/m0/s1. The topological polar surface area (TPSA) is 75.0 Å². The molecule has 1 heterocycles. The van der Waals surface area contributed by atoms with Gasteiger partial charge in [-0.15, -0.1) is 0 Å². The molecule has 1 atom stereocenters. The summed E-state index contributed by atoms with van der Waals surface area (Å²) in [7, 11) is 1.31. The van der Waals surface area contributed by atoms with Crippen molar-refractivity contribution in [1.29, 1.82) is 0 Å². The third-order valence-corrected chi connectivity index (χ3v) is 3.16. The molecule has 2 rings (SSSR count). The molecule has 0 aliphatic carbocycles. The van der Waals surface area contributed by atoms with Crippen LogP contribution in [0.25, 0.3) is 11.0 Å². The molecule has 0 radical (unpaired) electrons. The summed E-state index contributed by atoms with van der Waals surface area (Å²) in [6.45, 7) is 5.31. The molecule has 0 N–H and O–H groups in total. The normalized spacial score (nSPS) is 12.0. The highest BCUT2D eigenvalue weighted by atomic mass is 16.6. The minimum absolute atomic E-state index is 0.291. The average molecular weight is 306 g/mol. The van der Waals surface area contributed by atoms with Gasteiger partial charge in [0.1, 0.15) is 22.7 Å². The summed E-state index contributed by atoms with van der Waals surface area (Å²) in [6.07, 6.45) is -0.744. The number of carbonyl (C=O) groups is 2. The second-order valence-electron chi connectivity index (χ2n) is 4.69. The van der Waals surface area contributed by atoms with E-state index in [9.17, 15) is 9.59 Å². The predicted molar refractivity (Wildman–Crippen MR) is 79.0 cm³/mol. The number of furan rings is 1. The third kappa shape index (κ3) is 3.05. The summed E-state index contributed by atoms with van der Waals surface area (Å²) in [5, 5.41) is 0.581. The van der Waals surface area contributed by atoms with Crippen LogP contribution in [0, 0.1) is 6.92 Å². The smallest absolute Gasteiger partial charge is 0.347 e. The first kappa shape index (κ1) is 15.9. The maximum Gasteiger partial charge on any atom is 0.347 e. The van der Waals surface area contributed by atoms with E-state index >= 15 is 0 Å². The number of carbonyl (C=O) groups excluding carboxylic acids is 2. The lowest BCUT2D eigenvalue weighted by Crippen LogP contribution is -2.26. The van der Waals surface area contributed by atoms with Crippen LogP contribution in [0.4, 0.5) is 0 Å². The van der Waals surface area contributed by atoms with Crippen molar-refractivity contribution in [3.63, 3.8) is 0 Å². The number of benzene rings is 1. The van der Waals surface area contributed by atoms with Crippen molar-refractivity contribution in [3.05, 3.63) is 29.5 Å². The van der Waals surface area contributed by atoms with Gasteiger partial charge in [-0.25, -0.2) is 9.59 Å². The monoisotopic (exact) mass is 306 g/mol. The van der Waals surface area contributed by atoms with Gasteiger partial charge in [0, 0.05) is 5.39 Å². The van der Waals surface area contributed by atoms with E-state index in [4.69, 9.17) is 18.6 Å². The van der Waals surface area contributed by atoms with E-state index < -0.39 is 18.0 Å². The molecule has 0 saturated heterocycles. The second kappa shape index (κ2) is 6.51. The lowest BCUT2D eigenvalue weighted by molar-refractivity contribution is -0.150. The van der Waals surface area contributed by atoms with Gasteiger partial charge in [-0.05, 0) is 39.0 Å². The van der Waals surface area contributed by atoms with Gasteiger partial charge in [0.25, 0.3) is 0 Å². The number of aryl methyl sites for hydroxylation is 1. The van der Waals surface area contributed by atoms with Crippen LogP contribution < -0.4 is 4.74 Å². The highest BCUT2D eigenvalue weighted by Gasteiger charge is 2.21. The van der Waals surface area contributed by atoms with Crippen LogP contribution in [0.3, 0.4) is 0 Å². The largest absolute Gasteiger partial charge is 0.479 e. The molecule has 118 valence electrons. The van der Waals surface area contributed by atoms with E-state index in [2.05, 4.69) is 0 Å². The van der Waals surface area contributed by atoms with Crippen LogP contribution >= 0.6 is 0 Å². The molecule has 2 aromatic rings. The molecule has 1 aromatic heterocycles. The Labute approximate surface area is 127 Å². The molecule has 0 spiro atoms. The Morgan fingerprint density at radius 1 is 1.32 bits per heavy atom. The molecule has 0 unspecified atom stereocenters. The van der Waals surface area contributed by atoms with E-state index in [0.29, 0.717) is 34.6 Å². The fourth-order valence-electron chi connectivity index (χ4n) is 2.14. The maximum atomic E-state index is 11.8. The number of hydrogen-bond acceptors (Lipinski definition) is 6. The van der Waals surface area contributed by atoms with Crippen LogP contribution in [-0.2, 0) is 14.3 Å². The molecule has 6 nitrogen and oxygen atoms in total. The van der Waals surface area contributed by atoms with Gasteiger partial charge < -0.3 is 18.6 Å². The SMILES string of the molecule is CCOC(=O)[C@H](C)Oc1ccc2oc(C)c(C(=O)OC)c2c1. The van der Waals surface area contributed by atoms with Gasteiger partial charge in [-0.3, -0.25) is 0 Å². The molecular formula is C16H18O6. The van der Waals surface area contributed by atoms with Crippen LogP contribution in [-0.4, -0.2) is 31.8 Å². The lowest BCUT2D eigenvalue weighted by atomic mass is 10.1. The van der Waals surface area contributed by atoms with Gasteiger partial charge >= 0.3 is 11.9 Å². The predicted octanol–water partition coefficient (Wildman–Crippen LogP) is 2.86. The fraction of sp³-hybridized carbons (Fsp3) is 0.375. The van der Waals surface area contributed by atoms with Crippen LogP contribution in [0.15, 0.2) is 22.6 Å². The summed E-state index contributed by atoms with van der Waals surface area (Å²) in [4.78, 5) is 23.4. The van der Waals surface area contributed by atoms with Gasteiger partial charge in [0.05, 0.1) is 13.7 Å². The Hall–Kier alpha value is -2.50. The van der Waals surface area contributed by atoms with Crippen molar-refractivity contribution >= 4 is 22.9 Å². The molecule has 0 amide bonds. The number of fused-ring (bicyclic) bond motifs is 1. The second-order valence-corrected chi connectivity index (χ2v) is 4.69. The van der Waals surface area contributed by atoms with Crippen molar-refractivity contribution in [2.75, 3.05) is 13.7 Å². The number of ether oxygens (including phenoxy) is 3. The number of hydrogen-bond donors (Lipinski definition) is 0. The number of methoxy groups -OCH3 is 1. The highest BCUT2D eigenvalue weighted by Crippen LogP contribution is 2.30. The quantitative estimate of drug-likeness (QED) is 0.791. The van der Waals surface area contributed by atoms with E-state index in [1.165, 1.54) is 7.11 Å². The summed E-state index contributed by atoms with van der Waals surface area (Å²) in [5.74, 6) is -0.0116. The Bertz CT molecular complexity index is 700. The third-order valence-electron chi connectivity index (χ3n) is 3.16. The summed E-state index contributed by atoms with van der Waals surface area (Å²) >= 11 is 0. The van der Waals surface area contributed by atoms with E-state index in [1.807, 2.05) is 0 Å². The Morgan fingerprint density at radius 3 is 2.68 bits per heavy atom. The van der Waals surface area contributed by atoms with Gasteiger partial charge in [-0.1, -0.05) is 0 Å². The zero-order valence-corrected chi connectivity index (χ0v) is 13.0. The van der Waals surface area contributed by atoms with Crippen LogP contribution in [0.5, 0.6) is 5.75 Å². The molecule has 22 heavy (non-hydrogen) atoms. The summed E-state index contributed by atoms with van der Waals surface area (Å²) < 4.78 is 20.7. The zero-order valence-electron chi connectivity index (χ0n) is 13.0. The Morgan fingerprint density at radius 2 is 2.05 bits per heavy atom. The minimum atomic E-state index is -0.744. The molecule has 0 bridgehead atoms. The van der Waals surface area contributed by atoms with Crippen molar-refractivity contribution in [3.8, 4) is 5.75 Å². The van der Waals surface area contributed by atoms with Crippen molar-refractivity contribution < 1.29 is 28.2 Å². The van der Waals surface area contributed by atoms with Crippen molar-refractivity contribution in [2.24, 2.45) is 0 Å². The first-order chi connectivity index (χ1) is 10.5. The fourth-order valence-corrected chi connectivity index (χ4v) is 2.14. The van der Waals surface area contributed by atoms with Gasteiger partial charge in [-0.2, -0.15) is 0 Å². The van der Waals surface area contributed by atoms with E-state index in [1.54, 1.807) is 39.0 Å². The highest BCUT2D eigenvalue weighted by molar-refractivity contribution is 6.04. The van der Waals surface area contributed by atoms with Crippen molar-refractivity contribution in [1.82, 2.24) is 0 Å². The molecule has 1 aromatic carbocycles. The van der Waals surface area contributed by atoms with Crippen LogP contribution in [0.2, 0.25) is 0 Å².